The predicted octanol–water partition coefficient (Wildman–Crippen LogP) is 3.83. The first-order valence-electron chi connectivity index (χ1n) is 8.39. The van der Waals surface area contributed by atoms with Crippen LogP contribution >= 0.6 is 0 Å². The van der Waals surface area contributed by atoms with E-state index in [0.717, 1.165) is 44.9 Å². The second-order valence-corrected chi connectivity index (χ2v) is 7.23. The molecule has 0 amide bonds. The zero-order valence-electron chi connectivity index (χ0n) is 13.7. The molecule has 0 bridgehead atoms. The van der Waals surface area contributed by atoms with Gasteiger partial charge in [0.25, 0.3) is 0 Å². The van der Waals surface area contributed by atoms with Crippen LogP contribution in [0.25, 0.3) is 0 Å². The average molecular weight is 293 g/mol. The highest BCUT2D eigenvalue weighted by Gasteiger charge is 2.41. The highest BCUT2D eigenvalue weighted by Crippen LogP contribution is 2.44. The first-order valence-corrected chi connectivity index (χ1v) is 8.39. The van der Waals surface area contributed by atoms with Crippen molar-refractivity contribution in [3.8, 4) is 0 Å². The maximum Gasteiger partial charge on any atom is 0.0894 e. The van der Waals surface area contributed by atoms with E-state index in [-0.39, 0.29) is 11.6 Å². The number of aliphatic hydroxyl groups excluding tert-OH is 2. The summed E-state index contributed by atoms with van der Waals surface area (Å²) in [5, 5.41) is 19.7. The van der Waals surface area contributed by atoms with Gasteiger partial charge in [-0.2, -0.15) is 0 Å². The minimum Gasteiger partial charge on any atom is -0.513 e. The minimum atomic E-state index is -0.266. The third kappa shape index (κ3) is 3.51. The molecule has 3 nitrogen and oxygen atoms in total. The van der Waals surface area contributed by atoms with Crippen molar-refractivity contribution in [2.75, 3.05) is 0 Å². The molecule has 0 aromatic rings. The Balaban J connectivity index is 2.31. The van der Waals surface area contributed by atoms with Crippen molar-refractivity contribution >= 4 is 0 Å². The van der Waals surface area contributed by atoms with E-state index in [9.17, 15) is 10.2 Å². The molecule has 1 fully saturated rings. The zero-order chi connectivity index (χ0) is 15.6. The summed E-state index contributed by atoms with van der Waals surface area (Å²) < 4.78 is 0. The molecule has 2 aliphatic carbocycles. The fourth-order valence-electron chi connectivity index (χ4n) is 4.12. The van der Waals surface area contributed by atoms with Crippen LogP contribution in [0.5, 0.6) is 0 Å². The Morgan fingerprint density at radius 1 is 1.29 bits per heavy atom. The Hall–Kier alpha value is -0.800. The summed E-state index contributed by atoms with van der Waals surface area (Å²) in [6.07, 6.45) is 8.77. The molecule has 0 aromatic carbocycles. The molecule has 4 atom stereocenters. The van der Waals surface area contributed by atoms with Gasteiger partial charge in [0.15, 0.2) is 0 Å². The second-order valence-electron chi connectivity index (χ2n) is 7.23. The van der Waals surface area contributed by atoms with Crippen LogP contribution in [0.2, 0.25) is 0 Å². The third-order valence-electron chi connectivity index (χ3n) is 5.78. The fourth-order valence-corrected chi connectivity index (χ4v) is 4.12. The van der Waals surface area contributed by atoms with Crippen molar-refractivity contribution in [2.24, 2.45) is 17.6 Å². The van der Waals surface area contributed by atoms with Crippen molar-refractivity contribution in [3.05, 3.63) is 23.0 Å². The van der Waals surface area contributed by atoms with E-state index in [1.165, 1.54) is 11.1 Å². The van der Waals surface area contributed by atoms with Crippen molar-refractivity contribution in [3.63, 3.8) is 0 Å². The van der Waals surface area contributed by atoms with Crippen LogP contribution in [0.3, 0.4) is 0 Å². The van der Waals surface area contributed by atoms with E-state index < -0.39 is 0 Å². The summed E-state index contributed by atoms with van der Waals surface area (Å²) in [5.74, 6) is 1.18. The Morgan fingerprint density at radius 2 is 2.00 bits per heavy atom. The van der Waals surface area contributed by atoms with Gasteiger partial charge < -0.3 is 15.9 Å². The van der Waals surface area contributed by atoms with Crippen LogP contribution in [0.15, 0.2) is 23.0 Å². The molecule has 1 unspecified atom stereocenters. The lowest BCUT2D eigenvalue weighted by molar-refractivity contribution is 0.100. The standard InChI is InChI=1S/C18H31NO2/c1-12-9-10-18(19)14(3)15(11-13(2)20)7-8-16(18)5-4-6-17(12)21/h11-12,16-17,20-21H,4-10,19H2,1-3H3/b13-11+/t12?,16-,17+,18+/m1/s1. The molecule has 120 valence electrons. The number of allylic oxidation sites excluding steroid dienone is 3. The number of hydrogen-bond donors (Lipinski definition) is 3. The number of hydrogen-bond acceptors (Lipinski definition) is 3. The molecule has 4 N–H and O–H groups in total. The van der Waals surface area contributed by atoms with E-state index in [0.29, 0.717) is 17.6 Å². The highest BCUT2D eigenvalue weighted by atomic mass is 16.3. The molecule has 0 radical (unpaired) electrons. The van der Waals surface area contributed by atoms with Crippen LogP contribution in [0.4, 0.5) is 0 Å². The number of rotatable bonds is 1. The first kappa shape index (κ1) is 16.6. The van der Waals surface area contributed by atoms with Gasteiger partial charge in [-0.25, -0.2) is 0 Å². The van der Waals surface area contributed by atoms with E-state index in [4.69, 9.17) is 5.73 Å². The number of nitrogens with two attached hydrogens (primary N) is 1. The molecule has 2 aliphatic rings. The summed E-state index contributed by atoms with van der Waals surface area (Å²) in [6, 6.07) is 0. The normalized spacial score (nSPS) is 39.3. The van der Waals surface area contributed by atoms with Gasteiger partial charge in [-0.15, -0.1) is 0 Å². The maximum absolute atomic E-state index is 10.2. The minimum absolute atomic E-state index is 0.183. The Morgan fingerprint density at radius 3 is 2.67 bits per heavy atom. The van der Waals surface area contributed by atoms with Crippen LogP contribution < -0.4 is 5.73 Å². The highest BCUT2D eigenvalue weighted by molar-refractivity contribution is 5.36. The quantitative estimate of drug-likeness (QED) is 0.644. The molecular weight excluding hydrogens is 262 g/mol. The predicted molar refractivity (Wildman–Crippen MR) is 87.0 cm³/mol. The first-order chi connectivity index (χ1) is 9.84. The van der Waals surface area contributed by atoms with Crippen LogP contribution in [-0.2, 0) is 0 Å². The summed E-state index contributed by atoms with van der Waals surface area (Å²) in [5.41, 5.74) is 9.06. The van der Waals surface area contributed by atoms with Crippen LogP contribution in [0, 0.1) is 11.8 Å². The summed E-state index contributed by atoms with van der Waals surface area (Å²) in [6.45, 7) is 5.99. The van der Waals surface area contributed by atoms with Gasteiger partial charge in [0.1, 0.15) is 0 Å². The number of fused-ring (bicyclic) bond motifs is 1. The summed E-state index contributed by atoms with van der Waals surface area (Å²) in [7, 11) is 0. The van der Waals surface area contributed by atoms with Crippen molar-refractivity contribution in [1.82, 2.24) is 0 Å². The Labute approximate surface area is 128 Å². The lowest BCUT2D eigenvalue weighted by Crippen LogP contribution is -2.50. The molecule has 0 spiro atoms. The lowest BCUT2D eigenvalue weighted by atomic mass is 9.66. The van der Waals surface area contributed by atoms with E-state index in [1.54, 1.807) is 6.92 Å². The third-order valence-corrected chi connectivity index (χ3v) is 5.78. The van der Waals surface area contributed by atoms with E-state index >= 15 is 0 Å². The van der Waals surface area contributed by atoms with Crippen molar-refractivity contribution < 1.29 is 10.2 Å². The second kappa shape index (κ2) is 6.53. The molecular formula is C18H31NO2. The van der Waals surface area contributed by atoms with Gasteiger partial charge in [0.2, 0.25) is 0 Å². The smallest absolute Gasteiger partial charge is 0.0894 e. The Kier molecular flexibility index (Phi) is 5.15. The molecule has 0 aromatic heterocycles. The van der Waals surface area contributed by atoms with Crippen molar-refractivity contribution in [1.29, 1.82) is 0 Å². The molecule has 2 rings (SSSR count). The maximum atomic E-state index is 10.2. The van der Waals surface area contributed by atoms with E-state index in [1.807, 2.05) is 6.08 Å². The van der Waals surface area contributed by atoms with Gasteiger partial charge in [-0.1, -0.05) is 13.3 Å². The van der Waals surface area contributed by atoms with Gasteiger partial charge >= 0.3 is 0 Å². The van der Waals surface area contributed by atoms with Crippen LogP contribution in [-0.4, -0.2) is 21.9 Å². The average Bonchev–Trinajstić information content (AvgIpc) is 2.47. The molecule has 0 saturated heterocycles. The molecule has 0 heterocycles. The van der Waals surface area contributed by atoms with Gasteiger partial charge in [0.05, 0.1) is 11.9 Å². The molecule has 21 heavy (non-hydrogen) atoms. The fraction of sp³-hybridized carbons (Fsp3) is 0.778. The van der Waals surface area contributed by atoms with Gasteiger partial charge in [0, 0.05) is 5.54 Å². The molecule has 0 aliphatic heterocycles. The van der Waals surface area contributed by atoms with Gasteiger partial charge in [-0.3, -0.25) is 0 Å². The molecule has 1 saturated carbocycles. The monoisotopic (exact) mass is 293 g/mol. The van der Waals surface area contributed by atoms with Crippen molar-refractivity contribution in [2.45, 2.75) is 77.4 Å². The lowest BCUT2D eigenvalue weighted by Gasteiger charge is -2.43. The summed E-state index contributed by atoms with van der Waals surface area (Å²) in [4.78, 5) is 0. The van der Waals surface area contributed by atoms with Crippen LogP contribution in [0.1, 0.15) is 65.7 Å². The SMILES string of the molecule is CC1=C(/C=C(\C)O)CC[C@H]2CCC[C@H](O)C(C)CC[C@]12N. The zero-order valence-corrected chi connectivity index (χ0v) is 13.7. The van der Waals surface area contributed by atoms with Gasteiger partial charge in [-0.05, 0) is 81.4 Å². The van der Waals surface area contributed by atoms with E-state index in [2.05, 4.69) is 13.8 Å². The largest absolute Gasteiger partial charge is 0.513 e. The Bertz CT molecular complexity index is 436. The topological polar surface area (TPSA) is 66.5 Å². The summed E-state index contributed by atoms with van der Waals surface area (Å²) >= 11 is 0. The molecule has 3 heteroatoms. The number of aliphatic hydroxyl groups is 2.